The molecule has 0 saturated heterocycles. The van der Waals surface area contributed by atoms with Gasteiger partial charge in [-0.3, -0.25) is 0 Å². The van der Waals surface area contributed by atoms with Gasteiger partial charge in [0.15, 0.2) is 0 Å². The Morgan fingerprint density at radius 1 is 0.456 bits per heavy atom. The molecule has 0 saturated carbocycles. The molecule has 0 bridgehead atoms. The summed E-state index contributed by atoms with van der Waals surface area (Å²) in [4.78, 5) is 3.97. The van der Waals surface area contributed by atoms with Gasteiger partial charge in [-0.25, -0.2) is 0 Å². The van der Waals surface area contributed by atoms with Gasteiger partial charge >= 0.3 is 17.2 Å². The molecule has 0 N–H and O–H groups in total. The second-order valence-corrected chi connectivity index (χ2v) is 17.2. The molecule has 0 amide bonds. The number of hydrogen-bond donors (Lipinski definition) is 0. The van der Waals surface area contributed by atoms with Crippen LogP contribution < -0.4 is 22.6 Å². The topological polar surface area (TPSA) is 55.4 Å². The number of benzene rings is 8. The lowest BCUT2D eigenvalue weighted by Gasteiger charge is -2.26. The van der Waals surface area contributed by atoms with Crippen molar-refractivity contribution in [3.05, 3.63) is 181 Å². The van der Waals surface area contributed by atoms with E-state index in [4.69, 9.17) is 27.1 Å². The maximum Gasteiger partial charge on any atom is 0.530 e. The van der Waals surface area contributed by atoms with Gasteiger partial charge in [0.05, 0.1) is 14.7 Å². The maximum absolute atomic E-state index is 6.80. The zero-order valence-corrected chi connectivity index (χ0v) is 33.8. The highest BCUT2D eigenvalue weighted by molar-refractivity contribution is 8.03. The average Bonchev–Trinajstić information content (AvgIpc) is 3.23. The van der Waals surface area contributed by atoms with Crippen molar-refractivity contribution in [2.45, 2.75) is 21.6 Å². The van der Waals surface area contributed by atoms with Crippen molar-refractivity contribution >= 4 is 73.0 Å². The minimum Gasteiger partial charge on any atom is -0.415 e. The maximum atomic E-state index is 6.80. The number of rotatable bonds is 6. The van der Waals surface area contributed by atoms with E-state index in [1.54, 1.807) is 29.8 Å². The Labute approximate surface area is 341 Å². The quantitative estimate of drug-likeness (QED) is 0.154. The standard InChI is InChI=1S/C47H32O6P2S2/c1-2-13-34-30-48-54(51-42-27-24-31-14-3-6-17-35(31)45(42)56-34)49-40-22-11-9-20-38(40)39-21-10-12-23-41(39)50-55-52-43-28-25-32-15-4-7-18-36(32)46(43)57-47-37-19-8-5-16-33(37)26-29-44(47)53-55/h2-30H,1H3/b13-2+,34-30-. The van der Waals surface area contributed by atoms with Crippen LogP contribution in [0.25, 0.3) is 43.4 Å². The molecule has 2 aliphatic rings. The van der Waals surface area contributed by atoms with Crippen molar-refractivity contribution in [2.75, 3.05) is 0 Å². The second kappa shape index (κ2) is 15.7. The first kappa shape index (κ1) is 35.8. The second-order valence-electron chi connectivity index (χ2n) is 13.1. The highest BCUT2D eigenvalue weighted by Gasteiger charge is 2.30. The number of hydrogen-bond acceptors (Lipinski definition) is 8. The molecule has 2 aliphatic heterocycles. The fourth-order valence-corrected chi connectivity index (χ4v) is 11.4. The van der Waals surface area contributed by atoms with E-state index in [9.17, 15) is 0 Å². The van der Waals surface area contributed by atoms with E-state index in [2.05, 4.69) is 78.9 Å². The zero-order valence-electron chi connectivity index (χ0n) is 30.4. The van der Waals surface area contributed by atoms with Crippen molar-refractivity contribution < 1.29 is 27.1 Å². The predicted octanol–water partition coefficient (Wildman–Crippen LogP) is 15.3. The van der Waals surface area contributed by atoms with E-state index in [1.807, 2.05) is 97.9 Å². The number of thioether (sulfide) groups is 1. The van der Waals surface area contributed by atoms with Crippen molar-refractivity contribution in [1.29, 1.82) is 0 Å². The number of allylic oxidation sites excluding steroid dienone is 2. The molecule has 6 nitrogen and oxygen atoms in total. The number of fused-ring (bicyclic) bond motifs is 9. The highest BCUT2D eigenvalue weighted by Crippen LogP contribution is 2.57. The lowest BCUT2D eigenvalue weighted by atomic mass is 10.0. The molecule has 0 fully saturated rings. The van der Waals surface area contributed by atoms with Crippen molar-refractivity contribution in [3.8, 4) is 39.9 Å². The van der Waals surface area contributed by atoms with Crippen molar-refractivity contribution in [1.82, 2.24) is 0 Å². The summed E-state index contributed by atoms with van der Waals surface area (Å²) in [6.45, 7) is 1.99. The molecule has 8 aromatic rings. The van der Waals surface area contributed by atoms with Crippen LogP contribution in [0.1, 0.15) is 6.92 Å². The van der Waals surface area contributed by atoms with Crippen LogP contribution in [0.5, 0.6) is 28.7 Å². The van der Waals surface area contributed by atoms with Crippen LogP contribution in [0.4, 0.5) is 0 Å². The molecule has 2 heterocycles. The molecule has 0 spiro atoms. The van der Waals surface area contributed by atoms with Gasteiger partial charge in [0, 0.05) is 16.0 Å². The highest BCUT2D eigenvalue weighted by atomic mass is 32.2. The first-order chi connectivity index (χ1) is 28.2. The molecule has 278 valence electrons. The van der Waals surface area contributed by atoms with E-state index in [0.29, 0.717) is 28.7 Å². The van der Waals surface area contributed by atoms with Crippen LogP contribution in [-0.2, 0) is 4.52 Å². The predicted molar refractivity (Wildman–Crippen MR) is 235 cm³/mol. The Hall–Kier alpha value is -5.62. The van der Waals surface area contributed by atoms with Crippen LogP contribution in [0.3, 0.4) is 0 Å². The van der Waals surface area contributed by atoms with Crippen LogP contribution in [0.2, 0.25) is 0 Å². The summed E-state index contributed by atoms with van der Waals surface area (Å²) < 4.78 is 39.6. The smallest absolute Gasteiger partial charge is 0.415 e. The Balaban J connectivity index is 1.01. The summed E-state index contributed by atoms with van der Waals surface area (Å²) in [5.74, 6) is 3.24. The van der Waals surface area contributed by atoms with E-state index in [-0.39, 0.29) is 0 Å². The molecule has 10 rings (SSSR count). The Kier molecular flexibility index (Phi) is 9.87. The van der Waals surface area contributed by atoms with E-state index in [0.717, 1.165) is 63.0 Å². The average molecular weight is 819 g/mol. The normalized spacial score (nSPS) is 16.2. The molecule has 10 heteroatoms. The van der Waals surface area contributed by atoms with Gasteiger partial charge in [-0.2, -0.15) is 0 Å². The summed E-state index contributed by atoms with van der Waals surface area (Å²) in [7, 11) is -3.89. The summed E-state index contributed by atoms with van der Waals surface area (Å²) in [5.41, 5.74) is 1.59. The Bertz CT molecular complexity index is 2790. The van der Waals surface area contributed by atoms with Crippen LogP contribution in [0, 0.1) is 0 Å². The molecule has 1 unspecified atom stereocenters. The summed E-state index contributed by atoms with van der Waals surface area (Å²) >= 11 is 3.27. The van der Waals surface area contributed by atoms with Crippen LogP contribution in [-0.4, -0.2) is 0 Å². The van der Waals surface area contributed by atoms with Gasteiger partial charge in [0.2, 0.25) is 0 Å². The largest absolute Gasteiger partial charge is 0.530 e. The third-order valence-electron chi connectivity index (χ3n) is 9.47. The molecular weight excluding hydrogens is 787 g/mol. The van der Waals surface area contributed by atoms with E-state index >= 15 is 0 Å². The van der Waals surface area contributed by atoms with E-state index < -0.39 is 17.2 Å². The van der Waals surface area contributed by atoms with Gasteiger partial charge < -0.3 is 27.1 Å². The van der Waals surface area contributed by atoms with Gasteiger partial charge in [0.1, 0.15) is 35.0 Å². The lowest BCUT2D eigenvalue weighted by molar-refractivity contribution is 0.352. The minimum absolute atomic E-state index is 0.577. The monoisotopic (exact) mass is 818 g/mol. The third kappa shape index (κ3) is 7.15. The van der Waals surface area contributed by atoms with Crippen LogP contribution in [0.15, 0.2) is 196 Å². The molecule has 57 heavy (non-hydrogen) atoms. The Morgan fingerprint density at radius 3 is 1.39 bits per heavy atom. The van der Waals surface area contributed by atoms with Crippen molar-refractivity contribution in [3.63, 3.8) is 0 Å². The molecule has 0 aromatic heterocycles. The molecule has 8 aromatic carbocycles. The number of para-hydroxylation sites is 2. The van der Waals surface area contributed by atoms with Gasteiger partial charge in [-0.15, -0.1) is 0 Å². The van der Waals surface area contributed by atoms with E-state index in [1.165, 1.54) is 0 Å². The fraction of sp³-hybridized carbons (Fsp3) is 0.0213. The van der Waals surface area contributed by atoms with Crippen molar-refractivity contribution in [2.24, 2.45) is 0 Å². The SMILES string of the molecule is C/C=C/C1=C/OP(Oc2ccccc2-c2ccccc2OP2Oc3ccc4ccccc4c3Sc3c(ccc4ccccc34)O2)Oc2ccc3ccccc3c2S1. The van der Waals surface area contributed by atoms with Gasteiger partial charge in [-0.05, 0) is 75.6 Å². The van der Waals surface area contributed by atoms with Gasteiger partial charge in [-0.1, -0.05) is 157 Å². The molecular formula is C47H32O6P2S2. The summed E-state index contributed by atoms with van der Waals surface area (Å²) in [6, 6.07) is 52.9. The first-order valence-corrected chi connectivity index (χ1v) is 22.1. The first-order valence-electron chi connectivity index (χ1n) is 18.3. The molecule has 1 atom stereocenters. The fourth-order valence-electron chi connectivity index (χ4n) is 6.83. The summed E-state index contributed by atoms with van der Waals surface area (Å²) in [5, 5.41) is 6.70. The van der Waals surface area contributed by atoms with Gasteiger partial charge in [0.25, 0.3) is 0 Å². The minimum atomic E-state index is -1.98. The zero-order chi connectivity index (χ0) is 38.1. The van der Waals surface area contributed by atoms with Crippen LogP contribution >= 0.6 is 40.7 Å². The Morgan fingerprint density at radius 2 is 0.877 bits per heavy atom. The third-order valence-corrected chi connectivity index (χ3v) is 13.8. The molecule has 0 radical (unpaired) electrons. The molecule has 0 aliphatic carbocycles. The lowest BCUT2D eigenvalue weighted by Crippen LogP contribution is -2.06. The summed E-state index contributed by atoms with van der Waals surface area (Å²) in [6.07, 6.45) is 5.74.